The fraction of sp³-hybridized carbons (Fsp3) is 0.500. The van der Waals surface area contributed by atoms with Crippen molar-refractivity contribution in [3.63, 3.8) is 0 Å². The fourth-order valence-corrected chi connectivity index (χ4v) is 1.56. The molecule has 0 radical (unpaired) electrons. The van der Waals surface area contributed by atoms with Gasteiger partial charge in [-0.2, -0.15) is 0 Å². The minimum atomic E-state index is 0.609. The summed E-state index contributed by atoms with van der Waals surface area (Å²) in [5.74, 6) is 1.24. The Balaban J connectivity index is 2.28. The summed E-state index contributed by atoms with van der Waals surface area (Å²) in [5, 5.41) is 0. The SMILES string of the molecule is COc1cc(N)cc(C2CCC2)n1. The lowest BCUT2D eigenvalue weighted by atomic mass is 9.82. The highest BCUT2D eigenvalue weighted by molar-refractivity contribution is 5.43. The number of nitrogen functional groups attached to an aromatic ring is 1. The highest BCUT2D eigenvalue weighted by atomic mass is 16.5. The maximum atomic E-state index is 5.73. The highest BCUT2D eigenvalue weighted by Crippen LogP contribution is 2.36. The summed E-state index contributed by atoms with van der Waals surface area (Å²) in [5.41, 5.74) is 7.56. The highest BCUT2D eigenvalue weighted by Gasteiger charge is 2.21. The van der Waals surface area contributed by atoms with Crippen molar-refractivity contribution in [1.29, 1.82) is 0 Å². The van der Waals surface area contributed by atoms with E-state index in [0.717, 1.165) is 11.4 Å². The third kappa shape index (κ3) is 1.59. The van der Waals surface area contributed by atoms with E-state index in [1.54, 1.807) is 13.2 Å². The molecular weight excluding hydrogens is 164 g/mol. The van der Waals surface area contributed by atoms with E-state index in [2.05, 4.69) is 4.98 Å². The molecular formula is C10H14N2O. The number of nitrogens with zero attached hydrogens (tertiary/aromatic N) is 1. The van der Waals surface area contributed by atoms with E-state index in [-0.39, 0.29) is 0 Å². The number of pyridine rings is 1. The molecule has 0 unspecified atom stereocenters. The molecule has 70 valence electrons. The standard InChI is InChI=1S/C10H14N2O/c1-13-10-6-8(11)5-9(12-10)7-3-2-4-7/h5-7H,2-4H2,1H3,(H2,11,12). The molecule has 1 aromatic rings. The predicted molar refractivity (Wildman–Crippen MR) is 51.8 cm³/mol. The van der Waals surface area contributed by atoms with Crippen LogP contribution in [0.4, 0.5) is 5.69 Å². The monoisotopic (exact) mass is 178 g/mol. The minimum absolute atomic E-state index is 0.609. The summed E-state index contributed by atoms with van der Waals surface area (Å²) < 4.78 is 5.06. The molecule has 0 aromatic carbocycles. The van der Waals surface area contributed by atoms with Crippen LogP contribution in [0.15, 0.2) is 12.1 Å². The van der Waals surface area contributed by atoms with Crippen molar-refractivity contribution in [2.24, 2.45) is 0 Å². The van der Waals surface area contributed by atoms with Crippen molar-refractivity contribution in [1.82, 2.24) is 4.98 Å². The lowest BCUT2D eigenvalue weighted by molar-refractivity contribution is 0.379. The van der Waals surface area contributed by atoms with Crippen LogP contribution in [0.25, 0.3) is 0 Å². The first-order valence-electron chi connectivity index (χ1n) is 4.61. The van der Waals surface area contributed by atoms with Gasteiger partial charge in [-0.15, -0.1) is 0 Å². The Morgan fingerprint density at radius 1 is 1.46 bits per heavy atom. The maximum Gasteiger partial charge on any atom is 0.215 e. The molecule has 0 saturated heterocycles. The average Bonchev–Trinajstić information content (AvgIpc) is 2.00. The van der Waals surface area contributed by atoms with E-state index < -0.39 is 0 Å². The molecule has 1 fully saturated rings. The van der Waals surface area contributed by atoms with E-state index in [1.807, 2.05) is 6.07 Å². The van der Waals surface area contributed by atoms with E-state index in [0.29, 0.717) is 11.8 Å². The van der Waals surface area contributed by atoms with Gasteiger partial charge in [0.05, 0.1) is 7.11 Å². The minimum Gasteiger partial charge on any atom is -0.481 e. The first-order chi connectivity index (χ1) is 6.29. The normalized spacial score (nSPS) is 16.7. The summed E-state index contributed by atoms with van der Waals surface area (Å²) in [6.45, 7) is 0. The summed E-state index contributed by atoms with van der Waals surface area (Å²) in [4.78, 5) is 4.37. The van der Waals surface area contributed by atoms with Crippen LogP contribution in [0.5, 0.6) is 5.88 Å². The lowest BCUT2D eigenvalue weighted by Crippen LogP contribution is -2.11. The summed E-state index contributed by atoms with van der Waals surface area (Å²) in [6.07, 6.45) is 3.78. The van der Waals surface area contributed by atoms with Gasteiger partial charge in [-0.25, -0.2) is 4.98 Å². The molecule has 0 bridgehead atoms. The second kappa shape index (κ2) is 3.24. The second-order valence-corrected chi connectivity index (χ2v) is 3.50. The van der Waals surface area contributed by atoms with Crippen LogP contribution in [0.3, 0.4) is 0 Å². The molecule has 3 nitrogen and oxygen atoms in total. The van der Waals surface area contributed by atoms with Crippen LogP contribution >= 0.6 is 0 Å². The van der Waals surface area contributed by atoms with Gasteiger partial charge in [-0.1, -0.05) is 6.42 Å². The third-order valence-corrected chi connectivity index (χ3v) is 2.58. The molecule has 1 saturated carbocycles. The maximum absolute atomic E-state index is 5.73. The van der Waals surface area contributed by atoms with Crippen LogP contribution < -0.4 is 10.5 Å². The molecule has 0 atom stereocenters. The Hall–Kier alpha value is -1.25. The Morgan fingerprint density at radius 2 is 2.23 bits per heavy atom. The molecule has 0 spiro atoms. The number of methoxy groups -OCH3 is 1. The summed E-state index contributed by atoms with van der Waals surface area (Å²) >= 11 is 0. The Morgan fingerprint density at radius 3 is 2.77 bits per heavy atom. The third-order valence-electron chi connectivity index (χ3n) is 2.58. The van der Waals surface area contributed by atoms with Crippen molar-refractivity contribution in [3.8, 4) is 5.88 Å². The fourth-order valence-electron chi connectivity index (χ4n) is 1.56. The zero-order chi connectivity index (χ0) is 9.26. The molecule has 1 aromatic heterocycles. The molecule has 2 rings (SSSR count). The van der Waals surface area contributed by atoms with Gasteiger partial charge in [0.1, 0.15) is 0 Å². The van der Waals surface area contributed by atoms with Crippen LogP contribution in [0.2, 0.25) is 0 Å². The van der Waals surface area contributed by atoms with Gasteiger partial charge in [0.2, 0.25) is 5.88 Å². The number of anilines is 1. The second-order valence-electron chi connectivity index (χ2n) is 3.50. The van der Waals surface area contributed by atoms with Crippen LogP contribution in [0, 0.1) is 0 Å². The first-order valence-corrected chi connectivity index (χ1v) is 4.61. The van der Waals surface area contributed by atoms with Gasteiger partial charge < -0.3 is 10.5 Å². The Bertz CT molecular complexity index is 308. The topological polar surface area (TPSA) is 48.1 Å². The molecule has 1 aliphatic carbocycles. The quantitative estimate of drug-likeness (QED) is 0.752. The predicted octanol–water partition coefficient (Wildman–Crippen LogP) is 1.94. The lowest BCUT2D eigenvalue weighted by Gasteiger charge is -2.25. The number of nitrogens with two attached hydrogens (primary N) is 1. The number of hydrogen-bond acceptors (Lipinski definition) is 3. The molecule has 0 aliphatic heterocycles. The number of hydrogen-bond donors (Lipinski definition) is 1. The average molecular weight is 178 g/mol. The Kier molecular flexibility index (Phi) is 2.08. The zero-order valence-electron chi connectivity index (χ0n) is 7.79. The number of rotatable bonds is 2. The molecule has 0 amide bonds. The van der Waals surface area contributed by atoms with Gasteiger partial charge in [0, 0.05) is 23.4 Å². The van der Waals surface area contributed by atoms with E-state index in [4.69, 9.17) is 10.5 Å². The van der Waals surface area contributed by atoms with Gasteiger partial charge >= 0.3 is 0 Å². The van der Waals surface area contributed by atoms with Gasteiger partial charge in [-0.05, 0) is 18.9 Å². The van der Waals surface area contributed by atoms with Crippen LogP contribution in [-0.4, -0.2) is 12.1 Å². The number of aromatic nitrogens is 1. The van der Waals surface area contributed by atoms with Gasteiger partial charge in [0.15, 0.2) is 0 Å². The zero-order valence-corrected chi connectivity index (χ0v) is 7.79. The van der Waals surface area contributed by atoms with E-state index in [1.165, 1.54) is 19.3 Å². The van der Waals surface area contributed by atoms with Gasteiger partial charge in [-0.3, -0.25) is 0 Å². The molecule has 1 heterocycles. The molecule has 13 heavy (non-hydrogen) atoms. The smallest absolute Gasteiger partial charge is 0.215 e. The first kappa shape index (κ1) is 8.35. The van der Waals surface area contributed by atoms with Crippen molar-refractivity contribution < 1.29 is 4.74 Å². The summed E-state index contributed by atoms with van der Waals surface area (Å²) in [6, 6.07) is 3.70. The van der Waals surface area contributed by atoms with Crippen molar-refractivity contribution in [3.05, 3.63) is 17.8 Å². The largest absolute Gasteiger partial charge is 0.481 e. The van der Waals surface area contributed by atoms with Crippen molar-refractivity contribution in [2.75, 3.05) is 12.8 Å². The van der Waals surface area contributed by atoms with Crippen LogP contribution in [-0.2, 0) is 0 Å². The molecule has 3 heteroatoms. The van der Waals surface area contributed by atoms with Gasteiger partial charge in [0.25, 0.3) is 0 Å². The van der Waals surface area contributed by atoms with Crippen molar-refractivity contribution >= 4 is 5.69 Å². The summed E-state index contributed by atoms with van der Waals surface area (Å²) in [7, 11) is 1.62. The van der Waals surface area contributed by atoms with E-state index >= 15 is 0 Å². The van der Waals surface area contributed by atoms with E-state index in [9.17, 15) is 0 Å². The number of ether oxygens (including phenoxy) is 1. The Labute approximate surface area is 77.9 Å². The molecule has 1 aliphatic rings. The van der Waals surface area contributed by atoms with Crippen molar-refractivity contribution in [2.45, 2.75) is 25.2 Å². The molecule has 2 N–H and O–H groups in total. The van der Waals surface area contributed by atoms with Crippen LogP contribution in [0.1, 0.15) is 30.9 Å².